The van der Waals surface area contributed by atoms with Gasteiger partial charge in [-0.3, -0.25) is 4.79 Å². The van der Waals surface area contributed by atoms with E-state index in [9.17, 15) is 13.6 Å². The Kier molecular flexibility index (Phi) is 9.43. The van der Waals surface area contributed by atoms with Crippen LogP contribution in [0.4, 0.5) is 8.78 Å². The molecule has 120 valence electrons. The zero-order valence-corrected chi connectivity index (χ0v) is 14.1. The zero-order valence-electron chi connectivity index (χ0n) is 13.2. The van der Waals surface area contributed by atoms with E-state index >= 15 is 0 Å². The Balaban J connectivity index is 4.18. The highest BCUT2D eigenvalue weighted by Crippen LogP contribution is 2.24. The van der Waals surface area contributed by atoms with Gasteiger partial charge in [-0.15, -0.1) is 11.8 Å². The smallest absolute Gasteiger partial charge is 0.319 e. The van der Waals surface area contributed by atoms with E-state index < -0.39 is 12.0 Å². The third-order valence-corrected chi connectivity index (χ3v) is 3.80. The normalized spacial score (nSPS) is 13.8. The number of carbonyl (C=O) groups excluding carboxylic acids is 1. The summed E-state index contributed by atoms with van der Waals surface area (Å²) in [6.45, 7) is 9.68. The molecule has 0 saturated heterocycles. The zero-order chi connectivity index (χ0) is 15.8. The Morgan fingerprint density at radius 1 is 1.20 bits per heavy atom. The van der Waals surface area contributed by atoms with Crippen LogP contribution in [0.1, 0.15) is 60.3 Å². The minimum atomic E-state index is -2.22. The van der Waals surface area contributed by atoms with Gasteiger partial charge in [-0.1, -0.05) is 13.8 Å². The van der Waals surface area contributed by atoms with Crippen molar-refractivity contribution in [3.8, 4) is 0 Å². The lowest BCUT2D eigenvalue weighted by molar-refractivity contribution is -0.154. The number of alkyl halides is 2. The lowest BCUT2D eigenvalue weighted by Gasteiger charge is -2.24. The van der Waals surface area contributed by atoms with Crippen molar-refractivity contribution in [2.75, 3.05) is 5.75 Å². The first-order valence-corrected chi connectivity index (χ1v) is 8.29. The highest BCUT2D eigenvalue weighted by molar-refractivity contribution is 8.00. The van der Waals surface area contributed by atoms with Crippen LogP contribution in [-0.4, -0.2) is 29.0 Å². The van der Waals surface area contributed by atoms with Gasteiger partial charge in [-0.2, -0.15) is 0 Å². The van der Waals surface area contributed by atoms with Crippen LogP contribution in [-0.2, 0) is 9.53 Å². The van der Waals surface area contributed by atoms with Gasteiger partial charge in [0.05, 0.1) is 0 Å². The summed E-state index contributed by atoms with van der Waals surface area (Å²) in [5, 5.41) is -0.194. The number of ether oxygens (including phenoxy) is 1. The number of esters is 1. The van der Waals surface area contributed by atoms with E-state index in [1.54, 1.807) is 0 Å². The number of unbranched alkanes of at least 4 members (excludes halogenated alkanes) is 1. The molecule has 0 aromatic rings. The monoisotopic (exact) mass is 310 g/mol. The number of rotatable bonds is 9. The van der Waals surface area contributed by atoms with E-state index in [0.717, 1.165) is 12.2 Å². The molecule has 0 aromatic carbocycles. The van der Waals surface area contributed by atoms with Crippen LogP contribution >= 0.6 is 11.8 Å². The van der Waals surface area contributed by atoms with Crippen molar-refractivity contribution in [2.24, 2.45) is 5.92 Å². The molecule has 1 atom stereocenters. The predicted molar refractivity (Wildman–Crippen MR) is 81.4 cm³/mol. The molecule has 0 aliphatic heterocycles. The van der Waals surface area contributed by atoms with Crippen LogP contribution < -0.4 is 0 Å². The van der Waals surface area contributed by atoms with Gasteiger partial charge in [0.25, 0.3) is 0 Å². The maximum absolute atomic E-state index is 12.1. The number of hydrogen-bond donors (Lipinski definition) is 0. The first-order valence-electron chi connectivity index (χ1n) is 7.24. The summed E-state index contributed by atoms with van der Waals surface area (Å²) in [4.78, 5) is 12.1. The Hall–Kier alpha value is -0.320. The molecule has 0 rings (SSSR count). The molecule has 0 bridgehead atoms. The summed E-state index contributed by atoms with van der Waals surface area (Å²) in [6.07, 6.45) is -0.298. The van der Waals surface area contributed by atoms with Crippen molar-refractivity contribution >= 4 is 17.7 Å². The fourth-order valence-corrected chi connectivity index (χ4v) is 3.01. The fraction of sp³-hybridized carbons (Fsp3) is 0.933. The van der Waals surface area contributed by atoms with E-state index in [1.165, 1.54) is 11.8 Å². The van der Waals surface area contributed by atoms with Crippen LogP contribution in [0.3, 0.4) is 0 Å². The second-order valence-corrected chi connectivity index (χ2v) is 7.72. The van der Waals surface area contributed by atoms with E-state index in [1.807, 2.05) is 20.8 Å². The van der Waals surface area contributed by atoms with Crippen LogP contribution in [0.15, 0.2) is 0 Å². The van der Waals surface area contributed by atoms with Crippen LogP contribution in [0.25, 0.3) is 0 Å². The summed E-state index contributed by atoms with van der Waals surface area (Å²) >= 11 is 1.53. The molecule has 0 saturated carbocycles. The third-order valence-electron chi connectivity index (χ3n) is 2.49. The van der Waals surface area contributed by atoms with Gasteiger partial charge in [-0.05, 0) is 51.7 Å². The summed E-state index contributed by atoms with van der Waals surface area (Å²) in [6, 6.07) is 0. The number of thioether (sulfide) groups is 1. The van der Waals surface area contributed by atoms with Crippen molar-refractivity contribution in [2.45, 2.75) is 77.6 Å². The molecule has 20 heavy (non-hydrogen) atoms. The molecule has 0 fully saturated rings. The molecule has 5 heteroatoms. The number of carbonyl (C=O) groups is 1. The SMILES string of the molecule is CC(C)CC(SCCCCC(F)F)C(=O)OC(C)(C)C. The Morgan fingerprint density at radius 3 is 2.25 bits per heavy atom. The van der Waals surface area contributed by atoms with Gasteiger partial charge in [-0.25, -0.2) is 8.78 Å². The number of halogens is 2. The molecular weight excluding hydrogens is 282 g/mol. The van der Waals surface area contributed by atoms with Crippen molar-refractivity contribution in [3.05, 3.63) is 0 Å². The average molecular weight is 310 g/mol. The van der Waals surface area contributed by atoms with Crippen LogP contribution in [0.2, 0.25) is 0 Å². The van der Waals surface area contributed by atoms with Gasteiger partial charge in [0, 0.05) is 6.42 Å². The Bertz CT molecular complexity index is 276. The quantitative estimate of drug-likeness (QED) is 0.447. The molecular formula is C15H28F2O2S. The first-order chi connectivity index (χ1) is 9.11. The summed E-state index contributed by atoms with van der Waals surface area (Å²) < 4.78 is 29.5. The fourth-order valence-electron chi connectivity index (χ4n) is 1.65. The van der Waals surface area contributed by atoms with Crippen molar-refractivity contribution < 1.29 is 18.3 Å². The minimum Gasteiger partial charge on any atom is -0.459 e. The maximum atomic E-state index is 12.1. The van der Waals surface area contributed by atoms with E-state index in [-0.39, 0.29) is 17.6 Å². The van der Waals surface area contributed by atoms with Gasteiger partial charge in [0.1, 0.15) is 10.9 Å². The van der Waals surface area contributed by atoms with E-state index in [0.29, 0.717) is 18.8 Å². The lowest BCUT2D eigenvalue weighted by Crippen LogP contribution is -2.31. The summed E-state index contributed by atoms with van der Waals surface area (Å²) in [5.74, 6) is 0.940. The molecule has 0 aliphatic carbocycles. The molecule has 2 nitrogen and oxygen atoms in total. The second-order valence-electron chi connectivity index (χ2n) is 6.41. The predicted octanol–water partition coefficient (Wildman–Crippen LogP) is 4.91. The molecule has 0 N–H and O–H groups in total. The van der Waals surface area contributed by atoms with Gasteiger partial charge in [0.2, 0.25) is 6.43 Å². The molecule has 1 unspecified atom stereocenters. The molecule has 0 radical (unpaired) electrons. The van der Waals surface area contributed by atoms with Crippen molar-refractivity contribution in [3.63, 3.8) is 0 Å². The summed E-state index contributed by atoms with van der Waals surface area (Å²) in [5.41, 5.74) is -0.484. The molecule has 0 aromatic heterocycles. The van der Waals surface area contributed by atoms with Crippen molar-refractivity contribution in [1.82, 2.24) is 0 Å². The second kappa shape index (κ2) is 9.59. The van der Waals surface area contributed by atoms with Crippen LogP contribution in [0.5, 0.6) is 0 Å². The maximum Gasteiger partial charge on any atom is 0.319 e. The molecule has 0 heterocycles. The Labute approximate surface area is 126 Å². The Morgan fingerprint density at radius 2 is 1.80 bits per heavy atom. The molecule has 0 aliphatic rings. The molecule has 0 amide bonds. The average Bonchev–Trinajstić information content (AvgIpc) is 2.23. The first kappa shape index (κ1) is 19.7. The summed E-state index contributed by atoms with van der Waals surface area (Å²) in [7, 11) is 0. The van der Waals surface area contributed by atoms with Gasteiger partial charge in [0.15, 0.2) is 0 Å². The van der Waals surface area contributed by atoms with Crippen molar-refractivity contribution in [1.29, 1.82) is 0 Å². The van der Waals surface area contributed by atoms with E-state index in [4.69, 9.17) is 4.74 Å². The standard InChI is InChI=1S/C15H28F2O2S/c1-11(2)10-12(14(18)19-15(3,4)5)20-9-7-6-8-13(16)17/h11-13H,6-10H2,1-5H3. The topological polar surface area (TPSA) is 26.3 Å². The lowest BCUT2D eigenvalue weighted by atomic mass is 10.1. The number of hydrogen-bond acceptors (Lipinski definition) is 3. The highest BCUT2D eigenvalue weighted by atomic mass is 32.2. The minimum absolute atomic E-state index is 0.0537. The molecule has 0 spiro atoms. The largest absolute Gasteiger partial charge is 0.459 e. The third kappa shape index (κ3) is 11.5. The van der Waals surface area contributed by atoms with Gasteiger partial charge >= 0.3 is 5.97 Å². The van der Waals surface area contributed by atoms with E-state index in [2.05, 4.69) is 13.8 Å². The van der Waals surface area contributed by atoms with Crippen LogP contribution in [0, 0.1) is 5.92 Å². The van der Waals surface area contributed by atoms with Gasteiger partial charge < -0.3 is 4.74 Å². The highest BCUT2D eigenvalue weighted by Gasteiger charge is 2.26.